The number of anilines is 1. The number of amides is 1. The van der Waals surface area contributed by atoms with Crippen LogP contribution in [0.3, 0.4) is 0 Å². The minimum atomic E-state index is -0.808. The minimum absolute atomic E-state index is 0.0220. The van der Waals surface area contributed by atoms with Gasteiger partial charge in [0.1, 0.15) is 28.6 Å². The fourth-order valence-electron chi connectivity index (χ4n) is 6.09. The number of rotatable bonds is 7. The van der Waals surface area contributed by atoms with Crippen molar-refractivity contribution in [3.05, 3.63) is 47.7 Å². The summed E-state index contributed by atoms with van der Waals surface area (Å²) in [5.41, 5.74) is -0.624. The van der Waals surface area contributed by atoms with Crippen molar-refractivity contribution in [3.63, 3.8) is 0 Å². The molecular weight excluding hydrogens is 546 g/mol. The molecule has 1 amide bonds. The number of piperazine rings is 1. The van der Waals surface area contributed by atoms with Crippen molar-refractivity contribution in [2.75, 3.05) is 38.3 Å². The molecule has 2 atom stereocenters. The van der Waals surface area contributed by atoms with Gasteiger partial charge in [-0.2, -0.15) is 9.97 Å². The summed E-state index contributed by atoms with van der Waals surface area (Å²) in [6.45, 7) is 1.16. The second-order valence-corrected chi connectivity index (χ2v) is 10.7. The Labute approximate surface area is 239 Å². The lowest BCUT2D eigenvalue weighted by Crippen LogP contribution is -2.64. The Morgan fingerprint density at radius 1 is 1.33 bits per heavy atom. The third-order valence-electron chi connectivity index (χ3n) is 7.96. The Hall–Kier alpha value is -4.60. The highest BCUT2D eigenvalue weighted by atomic mass is 19.1. The molecule has 2 saturated heterocycles. The third kappa shape index (κ3) is 4.70. The van der Waals surface area contributed by atoms with Crippen LogP contribution in [0.4, 0.5) is 14.6 Å². The van der Waals surface area contributed by atoms with E-state index in [-0.39, 0.29) is 64.5 Å². The maximum atomic E-state index is 16.4. The number of ether oxygens (including phenoxy) is 1. The number of terminal acetylenes is 1. The van der Waals surface area contributed by atoms with Crippen molar-refractivity contribution in [3.8, 4) is 35.4 Å². The van der Waals surface area contributed by atoms with Crippen LogP contribution in [0.2, 0.25) is 0 Å². The maximum absolute atomic E-state index is 16.4. The third-order valence-corrected chi connectivity index (χ3v) is 7.96. The van der Waals surface area contributed by atoms with Gasteiger partial charge in [-0.3, -0.25) is 9.78 Å². The molecule has 2 aromatic carbocycles. The van der Waals surface area contributed by atoms with Crippen molar-refractivity contribution in [1.29, 1.82) is 0 Å². The number of methoxy groups -OCH3 is 1. The average Bonchev–Trinajstić information content (AvgIpc) is 3.29. The summed E-state index contributed by atoms with van der Waals surface area (Å²) in [6.07, 6.45) is 8.77. The number of fused-ring (bicyclic) bond motifs is 4. The molecule has 0 unspecified atom stereocenters. The standard InChI is InChI=1S/C30H28F2N6O4/c1-3-19-22(31)5-4-16-10-18(40)11-20(24(16)19)26-25(32)27-21(12-33-26)28(36-29(35-27)42-2)38-13-17-6-8-30(15-38,37-17)14-34-23(41)7-9-39/h1,4-5,10-12,17,37,39-40H,6-9,13-15H2,2H3,(H,34,41)/t17-,30-/m1/s1. The average molecular weight is 575 g/mol. The number of aromatic nitrogens is 3. The first kappa shape index (κ1) is 27.6. The van der Waals surface area contributed by atoms with Gasteiger partial charge in [-0.05, 0) is 36.4 Å². The largest absolute Gasteiger partial charge is 0.508 e. The van der Waals surface area contributed by atoms with Crippen LogP contribution in [0, 0.1) is 24.0 Å². The number of nitrogens with zero attached hydrogens (tertiary/aromatic N) is 4. The zero-order valence-electron chi connectivity index (χ0n) is 22.7. The number of aliphatic hydroxyl groups is 1. The van der Waals surface area contributed by atoms with Gasteiger partial charge < -0.3 is 30.5 Å². The predicted octanol–water partition coefficient (Wildman–Crippen LogP) is 2.63. The topological polar surface area (TPSA) is 133 Å². The minimum Gasteiger partial charge on any atom is -0.508 e. The van der Waals surface area contributed by atoms with Gasteiger partial charge in [-0.15, -0.1) is 6.42 Å². The van der Waals surface area contributed by atoms with Crippen LogP contribution < -0.4 is 20.3 Å². The van der Waals surface area contributed by atoms with E-state index in [1.807, 2.05) is 4.90 Å². The zero-order valence-corrected chi connectivity index (χ0v) is 22.7. The van der Waals surface area contributed by atoms with Crippen LogP contribution in [-0.2, 0) is 4.79 Å². The number of nitrogens with one attached hydrogen (secondary N) is 2. The summed E-state index contributed by atoms with van der Waals surface area (Å²) < 4.78 is 36.4. The van der Waals surface area contributed by atoms with E-state index in [1.165, 1.54) is 37.6 Å². The van der Waals surface area contributed by atoms with Crippen LogP contribution in [0.15, 0.2) is 30.5 Å². The summed E-state index contributed by atoms with van der Waals surface area (Å²) in [4.78, 5) is 27.4. The number of hydrogen-bond donors (Lipinski definition) is 4. The molecule has 42 heavy (non-hydrogen) atoms. The second-order valence-electron chi connectivity index (χ2n) is 10.7. The van der Waals surface area contributed by atoms with Crippen LogP contribution in [-0.4, -0.2) is 76.0 Å². The first-order valence-electron chi connectivity index (χ1n) is 13.5. The molecule has 0 spiro atoms. The number of phenolic OH excluding ortho intramolecular Hbond substituents is 1. The molecule has 0 radical (unpaired) electrons. The smallest absolute Gasteiger partial charge is 0.318 e. The lowest BCUT2D eigenvalue weighted by molar-refractivity contribution is -0.122. The van der Waals surface area contributed by atoms with Gasteiger partial charge in [0.2, 0.25) is 5.91 Å². The van der Waals surface area contributed by atoms with Gasteiger partial charge in [0.15, 0.2) is 5.82 Å². The van der Waals surface area contributed by atoms with E-state index in [4.69, 9.17) is 16.3 Å². The van der Waals surface area contributed by atoms with Gasteiger partial charge in [-0.1, -0.05) is 12.0 Å². The van der Waals surface area contributed by atoms with Crippen molar-refractivity contribution in [2.24, 2.45) is 0 Å². The van der Waals surface area contributed by atoms with E-state index in [2.05, 4.69) is 31.5 Å². The summed E-state index contributed by atoms with van der Waals surface area (Å²) >= 11 is 0. The monoisotopic (exact) mass is 574 g/mol. The van der Waals surface area contributed by atoms with Gasteiger partial charge in [0.05, 0.1) is 30.2 Å². The Balaban J connectivity index is 1.46. The fourth-order valence-corrected chi connectivity index (χ4v) is 6.09. The molecule has 4 aromatic rings. The molecule has 0 aliphatic carbocycles. The highest BCUT2D eigenvalue weighted by Crippen LogP contribution is 2.40. The van der Waals surface area contributed by atoms with E-state index in [9.17, 15) is 14.3 Å². The molecule has 2 bridgehead atoms. The number of phenols is 1. The number of benzene rings is 2. The van der Waals surface area contributed by atoms with E-state index in [1.54, 1.807) is 0 Å². The van der Waals surface area contributed by atoms with E-state index in [0.29, 0.717) is 36.2 Å². The number of aliphatic hydroxyl groups excluding tert-OH is 1. The summed E-state index contributed by atoms with van der Waals surface area (Å²) in [6, 6.07) is 5.42. The summed E-state index contributed by atoms with van der Waals surface area (Å²) in [5, 5.41) is 27.0. The molecule has 6 rings (SSSR count). The predicted molar refractivity (Wildman–Crippen MR) is 152 cm³/mol. The zero-order chi connectivity index (χ0) is 29.6. The molecule has 4 heterocycles. The van der Waals surface area contributed by atoms with Crippen molar-refractivity contribution < 1.29 is 28.5 Å². The lowest BCUT2D eigenvalue weighted by atomic mass is 9.95. The van der Waals surface area contributed by atoms with Crippen LogP contribution in [0.1, 0.15) is 24.8 Å². The molecule has 10 nitrogen and oxygen atoms in total. The van der Waals surface area contributed by atoms with Crippen molar-refractivity contribution in [1.82, 2.24) is 25.6 Å². The summed E-state index contributed by atoms with van der Waals surface area (Å²) in [7, 11) is 1.38. The van der Waals surface area contributed by atoms with E-state index < -0.39 is 17.2 Å². The molecule has 12 heteroatoms. The van der Waals surface area contributed by atoms with E-state index >= 15 is 4.39 Å². The highest BCUT2D eigenvalue weighted by Gasteiger charge is 2.45. The number of aromatic hydroxyl groups is 1. The van der Waals surface area contributed by atoms with Gasteiger partial charge >= 0.3 is 6.01 Å². The van der Waals surface area contributed by atoms with Gasteiger partial charge in [0, 0.05) is 49.2 Å². The fraction of sp³-hybridized carbons (Fsp3) is 0.333. The number of halogens is 2. The Kier molecular flexibility index (Phi) is 7.00. The van der Waals surface area contributed by atoms with Gasteiger partial charge in [0.25, 0.3) is 0 Å². The number of hydrogen-bond acceptors (Lipinski definition) is 9. The normalized spacial score (nSPS) is 19.7. The van der Waals surface area contributed by atoms with E-state index in [0.717, 1.165) is 12.8 Å². The van der Waals surface area contributed by atoms with Crippen molar-refractivity contribution >= 4 is 33.4 Å². The second kappa shape index (κ2) is 10.7. The Morgan fingerprint density at radius 2 is 2.17 bits per heavy atom. The molecule has 216 valence electrons. The lowest BCUT2D eigenvalue weighted by Gasteiger charge is -2.42. The SMILES string of the molecule is C#Cc1c(F)ccc2cc(O)cc(-c3ncc4c(N5C[C@H]6CC[C@@](CNC(=O)CCO)(C5)N6)nc(OC)nc4c3F)c12. The number of pyridine rings is 1. The maximum Gasteiger partial charge on any atom is 0.318 e. The molecule has 2 aromatic heterocycles. The quantitative estimate of drug-likeness (QED) is 0.246. The Bertz CT molecular complexity index is 1780. The highest BCUT2D eigenvalue weighted by molar-refractivity contribution is 6.03. The van der Waals surface area contributed by atoms with Crippen molar-refractivity contribution in [2.45, 2.75) is 30.8 Å². The van der Waals surface area contributed by atoms with Crippen LogP contribution >= 0.6 is 0 Å². The molecule has 0 saturated carbocycles. The first-order chi connectivity index (χ1) is 20.3. The van der Waals surface area contributed by atoms with Crippen LogP contribution in [0.25, 0.3) is 32.9 Å². The van der Waals surface area contributed by atoms with Crippen LogP contribution in [0.5, 0.6) is 11.8 Å². The molecular formula is C30H28F2N6O4. The molecule has 2 aliphatic heterocycles. The Morgan fingerprint density at radius 3 is 2.93 bits per heavy atom. The number of carbonyl (C=O) groups excluding carboxylic acids is 1. The molecule has 4 N–H and O–H groups in total. The van der Waals surface area contributed by atoms with Gasteiger partial charge in [-0.25, -0.2) is 8.78 Å². The summed E-state index contributed by atoms with van der Waals surface area (Å²) in [5.74, 6) is 0.888. The molecule has 2 fully saturated rings. The molecule has 2 aliphatic rings. The first-order valence-corrected chi connectivity index (χ1v) is 13.5. The number of carbonyl (C=O) groups is 1.